The highest BCUT2D eigenvalue weighted by atomic mass is 16.3. The first-order valence-corrected chi connectivity index (χ1v) is 11.4. The SMILES string of the molecule is CCCCCCCCCCCC(=O)CCCCCCCCCC(C)O. The van der Waals surface area contributed by atoms with Gasteiger partial charge in [-0.3, -0.25) is 4.79 Å². The van der Waals surface area contributed by atoms with Crippen LogP contribution < -0.4 is 0 Å². The van der Waals surface area contributed by atoms with E-state index in [0.29, 0.717) is 5.78 Å². The van der Waals surface area contributed by atoms with E-state index in [-0.39, 0.29) is 6.10 Å². The molecule has 0 aliphatic heterocycles. The van der Waals surface area contributed by atoms with Gasteiger partial charge in [-0.1, -0.05) is 96.8 Å². The molecule has 0 fully saturated rings. The molecule has 0 aromatic rings. The lowest BCUT2D eigenvalue weighted by Gasteiger charge is -2.04. The van der Waals surface area contributed by atoms with Gasteiger partial charge in [0.2, 0.25) is 0 Å². The molecule has 0 aromatic heterocycles. The lowest BCUT2D eigenvalue weighted by Crippen LogP contribution is -1.98. The van der Waals surface area contributed by atoms with E-state index >= 15 is 0 Å². The summed E-state index contributed by atoms with van der Waals surface area (Å²) in [5.74, 6) is 0.486. The van der Waals surface area contributed by atoms with E-state index < -0.39 is 0 Å². The molecule has 0 aliphatic carbocycles. The standard InChI is InChI=1S/C23H46O2/c1-3-4-5-6-7-8-11-14-17-20-23(25)21-18-15-12-9-10-13-16-19-22(2)24/h22,24H,3-21H2,1-2H3. The van der Waals surface area contributed by atoms with Gasteiger partial charge in [-0.15, -0.1) is 0 Å². The average molecular weight is 355 g/mol. The maximum Gasteiger partial charge on any atom is 0.132 e. The molecule has 1 atom stereocenters. The van der Waals surface area contributed by atoms with Crippen molar-refractivity contribution in [3.8, 4) is 0 Å². The van der Waals surface area contributed by atoms with Crippen LogP contribution in [0.15, 0.2) is 0 Å². The third-order valence-electron chi connectivity index (χ3n) is 5.14. The Kier molecular flexibility index (Phi) is 19.7. The van der Waals surface area contributed by atoms with Crippen LogP contribution in [0, 0.1) is 0 Å². The second kappa shape index (κ2) is 19.9. The van der Waals surface area contributed by atoms with E-state index in [9.17, 15) is 9.90 Å². The second-order valence-corrected chi connectivity index (χ2v) is 7.98. The number of Topliss-reactive ketones (excluding diaryl/α,β-unsaturated/α-hetero) is 1. The summed E-state index contributed by atoms with van der Waals surface area (Å²) in [5, 5.41) is 9.19. The van der Waals surface area contributed by atoms with Gasteiger partial charge in [-0.25, -0.2) is 0 Å². The number of hydrogen-bond acceptors (Lipinski definition) is 2. The topological polar surface area (TPSA) is 37.3 Å². The number of ketones is 1. The van der Waals surface area contributed by atoms with Gasteiger partial charge in [-0.2, -0.15) is 0 Å². The lowest BCUT2D eigenvalue weighted by atomic mass is 10.0. The first-order chi connectivity index (χ1) is 12.2. The van der Waals surface area contributed by atoms with Gasteiger partial charge < -0.3 is 5.11 Å². The van der Waals surface area contributed by atoms with Crippen molar-refractivity contribution < 1.29 is 9.90 Å². The molecule has 0 aliphatic rings. The minimum atomic E-state index is -0.142. The van der Waals surface area contributed by atoms with E-state index in [1.165, 1.54) is 83.5 Å². The summed E-state index contributed by atoms with van der Waals surface area (Å²) in [4.78, 5) is 11.9. The van der Waals surface area contributed by atoms with Crippen molar-refractivity contribution >= 4 is 5.78 Å². The van der Waals surface area contributed by atoms with Crippen LogP contribution in [0.2, 0.25) is 0 Å². The van der Waals surface area contributed by atoms with Crippen LogP contribution in [0.4, 0.5) is 0 Å². The van der Waals surface area contributed by atoms with Gasteiger partial charge in [-0.05, 0) is 26.2 Å². The number of carbonyl (C=O) groups is 1. The van der Waals surface area contributed by atoms with Crippen molar-refractivity contribution in [2.45, 2.75) is 142 Å². The first-order valence-electron chi connectivity index (χ1n) is 11.4. The molecule has 0 aromatic carbocycles. The molecule has 0 amide bonds. The van der Waals surface area contributed by atoms with Gasteiger partial charge >= 0.3 is 0 Å². The highest BCUT2D eigenvalue weighted by molar-refractivity contribution is 5.78. The van der Waals surface area contributed by atoms with E-state index in [1.54, 1.807) is 0 Å². The predicted molar refractivity (Wildman–Crippen MR) is 110 cm³/mol. The fourth-order valence-corrected chi connectivity index (χ4v) is 3.40. The van der Waals surface area contributed by atoms with Gasteiger partial charge in [0.25, 0.3) is 0 Å². The highest BCUT2D eigenvalue weighted by Gasteiger charge is 2.02. The molecular weight excluding hydrogens is 308 g/mol. The second-order valence-electron chi connectivity index (χ2n) is 7.98. The molecule has 150 valence electrons. The Balaban J connectivity index is 3.16. The Bertz CT molecular complexity index is 273. The molecule has 2 nitrogen and oxygen atoms in total. The van der Waals surface area contributed by atoms with E-state index in [2.05, 4.69) is 6.92 Å². The molecule has 0 radical (unpaired) electrons. The third kappa shape index (κ3) is 21.6. The molecule has 1 N–H and O–H groups in total. The molecule has 0 spiro atoms. The van der Waals surface area contributed by atoms with Crippen LogP contribution in [-0.4, -0.2) is 17.0 Å². The molecule has 1 unspecified atom stereocenters. The molecule has 0 saturated heterocycles. The van der Waals surface area contributed by atoms with Gasteiger partial charge in [0, 0.05) is 12.8 Å². The fourth-order valence-electron chi connectivity index (χ4n) is 3.40. The van der Waals surface area contributed by atoms with Crippen molar-refractivity contribution in [3.05, 3.63) is 0 Å². The number of carbonyl (C=O) groups excluding carboxylic acids is 1. The summed E-state index contributed by atoms with van der Waals surface area (Å²) >= 11 is 0. The van der Waals surface area contributed by atoms with Crippen molar-refractivity contribution in [3.63, 3.8) is 0 Å². The summed E-state index contributed by atoms with van der Waals surface area (Å²) in [5.41, 5.74) is 0. The minimum Gasteiger partial charge on any atom is -0.393 e. The number of aliphatic hydroxyl groups is 1. The van der Waals surface area contributed by atoms with Crippen LogP contribution in [-0.2, 0) is 4.79 Å². The number of unbranched alkanes of at least 4 members (excludes halogenated alkanes) is 14. The number of aliphatic hydroxyl groups excluding tert-OH is 1. The number of rotatable bonds is 20. The van der Waals surface area contributed by atoms with Crippen LogP contribution in [0.1, 0.15) is 136 Å². The van der Waals surface area contributed by atoms with Crippen LogP contribution in [0.25, 0.3) is 0 Å². The van der Waals surface area contributed by atoms with E-state index in [1.807, 2.05) is 6.92 Å². The quantitative estimate of drug-likeness (QED) is 0.232. The van der Waals surface area contributed by atoms with Crippen molar-refractivity contribution in [2.75, 3.05) is 0 Å². The molecule has 0 rings (SSSR count). The lowest BCUT2D eigenvalue weighted by molar-refractivity contribution is -0.119. The number of hydrogen-bond donors (Lipinski definition) is 1. The normalized spacial score (nSPS) is 12.4. The smallest absolute Gasteiger partial charge is 0.132 e. The molecule has 2 heteroatoms. The predicted octanol–water partition coefficient (Wildman–Crippen LogP) is 7.37. The first kappa shape index (κ1) is 24.6. The van der Waals surface area contributed by atoms with Gasteiger partial charge in [0.1, 0.15) is 5.78 Å². The van der Waals surface area contributed by atoms with E-state index in [4.69, 9.17) is 0 Å². The summed E-state index contributed by atoms with van der Waals surface area (Å²) in [6, 6.07) is 0. The van der Waals surface area contributed by atoms with Crippen LogP contribution in [0.5, 0.6) is 0 Å². The minimum absolute atomic E-state index is 0.142. The van der Waals surface area contributed by atoms with Crippen LogP contribution in [0.3, 0.4) is 0 Å². The Labute approximate surface area is 158 Å². The summed E-state index contributed by atoms with van der Waals surface area (Å²) in [7, 11) is 0. The maximum absolute atomic E-state index is 11.9. The van der Waals surface area contributed by atoms with E-state index in [0.717, 1.165) is 38.5 Å². The third-order valence-corrected chi connectivity index (χ3v) is 5.14. The largest absolute Gasteiger partial charge is 0.393 e. The summed E-state index contributed by atoms with van der Waals surface area (Å²) in [6.07, 6.45) is 22.8. The summed E-state index contributed by atoms with van der Waals surface area (Å²) in [6.45, 7) is 4.13. The van der Waals surface area contributed by atoms with Crippen molar-refractivity contribution in [1.82, 2.24) is 0 Å². The molecular formula is C23H46O2. The zero-order chi connectivity index (χ0) is 18.6. The molecule has 25 heavy (non-hydrogen) atoms. The molecule has 0 heterocycles. The zero-order valence-electron chi connectivity index (χ0n) is 17.4. The highest BCUT2D eigenvalue weighted by Crippen LogP contribution is 2.13. The van der Waals surface area contributed by atoms with Gasteiger partial charge in [0.05, 0.1) is 6.10 Å². The maximum atomic E-state index is 11.9. The Morgan fingerprint density at radius 2 is 1.00 bits per heavy atom. The van der Waals surface area contributed by atoms with Crippen LogP contribution >= 0.6 is 0 Å². The fraction of sp³-hybridized carbons (Fsp3) is 0.957. The Morgan fingerprint density at radius 1 is 0.640 bits per heavy atom. The summed E-state index contributed by atoms with van der Waals surface area (Å²) < 4.78 is 0. The zero-order valence-corrected chi connectivity index (χ0v) is 17.4. The van der Waals surface area contributed by atoms with Crippen molar-refractivity contribution in [2.24, 2.45) is 0 Å². The van der Waals surface area contributed by atoms with Crippen molar-refractivity contribution in [1.29, 1.82) is 0 Å². The molecule has 0 bridgehead atoms. The molecule has 0 saturated carbocycles. The Hall–Kier alpha value is -0.370. The van der Waals surface area contributed by atoms with Gasteiger partial charge in [0.15, 0.2) is 0 Å². The monoisotopic (exact) mass is 354 g/mol. The Morgan fingerprint density at radius 3 is 1.40 bits per heavy atom. The average Bonchev–Trinajstić information content (AvgIpc) is 2.58.